The molecule has 1 heterocycles. The fourth-order valence-corrected chi connectivity index (χ4v) is 2.87. The number of imidazole rings is 1. The quantitative estimate of drug-likeness (QED) is 0.629. The first-order valence-corrected chi connectivity index (χ1v) is 9.37. The van der Waals surface area contributed by atoms with E-state index in [9.17, 15) is 14.4 Å². The lowest BCUT2D eigenvalue weighted by molar-refractivity contribution is -0.123. The van der Waals surface area contributed by atoms with E-state index >= 15 is 0 Å². The molecule has 2 N–H and O–H groups in total. The van der Waals surface area contributed by atoms with Crippen LogP contribution < -0.4 is 11.0 Å². The molecule has 1 aromatic heterocycles. The van der Waals surface area contributed by atoms with Gasteiger partial charge in [0.15, 0.2) is 6.10 Å². The minimum atomic E-state index is -0.956. The summed E-state index contributed by atoms with van der Waals surface area (Å²) in [6, 6.07) is 13.9. The molecule has 0 aliphatic heterocycles. The van der Waals surface area contributed by atoms with Crippen LogP contribution in [0.5, 0.6) is 0 Å². The molecule has 3 aromatic rings. The van der Waals surface area contributed by atoms with Crippen LogP contribution in [-0.4, -0.2) is 27.5 Å². The third kappa shape index (κ3) is 4.63. The molecule has 7 heteroatoms. The SMILES string of the molecule is CCc1ccc(NC(=O)C(C)OC(=O)c2ccc(-n3c(C)c[nH]c3=O)cc2)cc1. The summed E-state index contributed by atoms with van der Waals surface area (Å²) >= 11 is 0. The number of nitrogens with one attached hydrogen (secondary N) is 2. The number of carbonyl (C=O) groups is 2. The van der Waals surface area contributed by atoms with E-state index in [1.807, 2.05) is 24.3 Å². The number of carbonyl (C=O) groups excluding carboxylic acids is 2. The van der Waals surface area contributed by atoms with Gasteiger partial charge in [0.25, 0.3) is 5.91 Å². The molecular formula is C22H23N3O4. The number of hydrogen-bond acceptors (Lipinski definition) is 4. The van der Waals surface area contributed by atoms with Gasteiger partial charge in [-0.3, -0.25) is 9.36 Å². The molecule has 0 spiro atoms. The van der Waals surface area contributed by atoms with Crippen molar-refractivity contribution in [2.75, 3.05) is 5.32 Å². The first-order valence-electron chi connectivity index (χ1n) is 9.37. The molecule has 1 atom stereocenters. The highest BCUT2D eigenvalue weighted by atomic mass is 16.5. The van der Waals surface area contributed by atoms with Gasteiger partial charge < -0.3 is 15.0 Å². The van der Waals surface area contributed by atoms with Crippen molar-refractivity contribution in [3.63, 3.8) is 0 Å². The normalized spacial score (nSPS) is 11.7. The maximum Gasteiger partial charge on any atom is 0.338 e. The van der Waals surface area contributed by atoms with E-state index in [4.69, 9.17) is 4.74 Å². The first kappa shape index (κ1) is 20.1. The summed E-state index contributed by atoms with van der Waals surface area (Å²) < 4.78 is 6.76. The van der Waals surface area contributed by atoms with E-state index in [0.29, 0.717) is 16.9 Å². The van der Waals surface area contributed by atoms with Crippen LogP contribution in [0.1, 0.15) is 35.5 Å². The average Bonchev–Trinajstić information content (AvgIpc) is 3.06. The van der Waals surface area contributed by atoms with Crippen molar-refractivity contribution in [3.8, 4) is 5.69 Å². The molecule has 0 bridgehead atoms. The standard InChI is InChI=1S/C22H23N3O4/c1-4-16-5-9-18(10-6-16)24-20(26)15(3)29-21(27)17-7-11-19(12-8-17)25-14(2)13-23-22(25)28/h5-13,15H,4H2,1-3H3,(H,23,28)(H,24,26). The van der Waals surface area contributed by atoms with Gasteiger partial charge in [-0.15, -0.1) is 0 Å². The van der Waals surface area contributed by atoms with Crippen LogP contribution in [0.25, 0.3) is 5.69 Å². The molecule has 3 rings (SSSR count). The summed E-state index contributed by atoms with van der Waals surface area (Å²) in [6.45, 7) is 5.38. The van der Waals surface area contributed by atoms with Crippen LogP contribution >= 0.6 is 0 Å². The molecule has 2 aromatic carbocycles. The third-order valence-electron chi connectivity index (χ3n) is 4.60. The lowest BCUT2D eigenvalue weighted by Crippen LogP contribution is -2.30. The number of H-pyrrole nitrogens is 1. The van der Waals surface area contributed by atoms with E-state index in [-0.39, 0.29) is 5.69 Å². The summed E-state index contributed by atoms with van der Waals surface area (Å²) in [5.41, 5.74) is 3.24. The molecule has 1 unspecified atom stereocenters. The summed E-state index contributed by atoms with van der Waals surface area (Å²) in [4.78, 5) is 39.1. The fourth-order valence-electron chi connectivity index (χ4n) is 2.87. The second-order valence-electron chi connectivity index (χ2n) is 6.70. The Morgan fingerprint density at radius 3 is 2.31 bits per heavy atom. The van der Waals surface area contributed by atoms with Gasteiger partial charge in [-0.05, 0) is 62.2 Å². The summed E-state index contributed by atoms with van der Waals surface area (Å²) in [7, 11) is 0. The van der Waals surface area contributed by atoms with E-state index in [1.54, 1.807) is 37.4 Å². The van der Waals surface area contributed by atoms with Crippen LogP contribution in [0.4, 0.5) is 5.69 Å². The number of amides is 1. The minimum absolute atomic E-state index is 0.255. The van der Waals surface area contributed by atoms with E-state index in [1.165, 1.54) is 17.1 Å². The number of rotatable bonds is 6. The fraction of sp³-hybridized carbons (Fsp3) is 0.227. The number of ether oxygens (including phenoxy) is 1. The topological polar surface area (TPSA) is 93.2 Å². The van der Waals surface area contributed by atoms with Gasteiger partial charge in [0.1, 0.15) is 0 Å². The second kappa shape index (κ2) is 8.60. The Labute approximate surface area is 168 Å². The Hall–Kier alpha value is -3.61. The van der Waals surface area contributed by atoms with Gasteiger partial charge in [-0.25, -0.2) is 9.59 Å². The monoisotopic (exact) mass is 393 g/mol. The molecule has 7 nitrogen and oxygen atoms in total. The molecule has 29 heavy (non-hydrogen) atoms. The highest BCUT2D eigenvalue weighted by Crippen LogP contribution is 2.13. The van der Waals surface area contributed by atoms with Crippen LogP contribution in [0, 0.1) is 6.92 Å². The van der Waals surface area contributed by atoms with Gasteiger partial charge in [-0.1, -0.05) is 19.1 Å². The van der Waals surface area contributed by atoms with E-state index < -0.39 is 18.0 Å². The Balaban J connectivity index is 1.62. The predicted molar refractivity (Wildman–Crippen MR) is 110 cm³/mol. The lowest BCUT2D eigenvalue weighted by atomic mass is 10.1. The molecule has 150 valence electrons. The van der Waals surface area contributed by atoms with Crippen molar-refractivity contribution in [1.29, 1.82) is 0 Å². The number of aromatic nitrogens is 2. The third-order valence-corrected chi connectivity index (χ3v) is 4.60. The Bertz CT molecular complexity index is 1060. The molecular weight excluding hydrogens is 370 g/mol. The van der Waals surface area contributed by atoms with Crippen molar-refractivity contribution >= 4 is 17.6 Å². The summed E-state index contributed by atoms with van der Waals surface area (Å²) in [5.74, 6) is -1.02. The maximum absolute atomic E-state index is 12.4. The van der Waals surface area contributed by atoms with Crippen molar-refractivity contribution in [2.45, 2.75) is 33.3 Å². The van der Waals surface area contributed by atoms with E-state index in [2.05, 4.69) is 17.2 Å². The van der Waals surface area contributed by atoms with Crippen LogP contribution in [0.3, 0.4) is 0 Å². The molecule has 0 radical (unpaired) electrons. The van der Waals surface area contributed by atoms with Crippen molar-refractivity contribution in [1.82, 2.24) is 9.55 Å². The molecule has 0 saturated heterocycles. The predicted octanol–water partition coefficient (Wildman–Crippen LogP) is 3.22. The summed E-state index contributed by atoms with van der Waals surface area (Å²) in [6.07, 6.45) is 1.57. The molecule has 0 aliphatic rings. The number of aryl methyl sites for hydroxylation is 2. The van der Waals surface area contributed by atoms with Gasteiger partial charge in [0.2, 0.25) is 0 Å². The number of esters is 1. The van der Waals surface area contributed by atoms with Gasteiger partial charge >= 0.3 is 11.7 Å². The largest absolute Gasteiger partial charge is 0.449 e. The minimum Gasteiger partial charge on any atom is -0.449 e. The number of hydrogen-bond donors (Lipinski definition) is 2. The van der Waals surface area contributed by atoms with Crippen molar-refractivity contribution < 1.29 is 14.3 Å². The maximum atomic E-state index is 12.4. The smallest absolute Gasteiger partial charge is 0.338 e. The first-order chi connectivity index (χ1) is 13.9. The summed E-state index contributed by atoms with van der Waals surface area (Å²) in [5, 5.41) is 2.73. The van der Waals surface area contributed by atoms with E-state index in [0.717, 1.165) is 12.1 Å². The number of aromatic amines is 1. The average molecular weight is 393 g/mol. The Morgan fingerprint density at radius 1 is 1.10 bits per heavy atom. The molecule has 1 amide bonds. The van der Waals surface area contributed by atoms with Gasteiger partial charge in [-0.2, -0.15) is 0 Å². The molecule has 0 fully saturated rings. The highest BCUT2D eigenvalue weighted by molar-refractivity contribution is 5.97. The zero-order valence-electron chi connectivity index (χ0n) is 16.6. The Morgan fingerprint density at radius 2 is 1.76 bits per heavy atom. The van der Waals surface area contributed by atoms with Gasteiger partial charge in [0.05, 0.1) is 11.3 Å². The van der Waals surface area contributed by atoms with Gasteiger partial charge in [0, 0.05) is 17.6 Å². The Kier molecular flexibility index (Phi) is 5.97. The van der Waals surface area contributed by atoms with Crippen molar-refractivity contribution in [3.05, 3.63) is 82.0 Å². The van der Waals surface area contributed by atoms with Crippen LogP contribution in [-0.2, 0) is 16.0 Å². The lowest BCUT2D eigenvalue weighted by Gasteiger charge is -2.14. The number of anilines is 1. The van der Waals surface area contributed by atoms with Crippen molar-refractivity contribution in [2.24, 2.45) is 0 Å². The highest BCUT2D eigenvalue weighted by Gasteiger charge is 2.19. The number of nitrogens with zero attached hydrogens (tertiary/aromatic N) is 1. The molecule has 0 aliphatic carbocycles. The zero-order valence-corrected chi connectivity index (χ0v) is 16.6. The zero-order chi connectivity index (χ0) is 21.0. The number of benzene rings is 2. The molecule has 0 saturated carbocycles. The second-order valence-corrected chi connectivity index (χ2v) is 6.70. The van der Waals surface area contributed by atoms with Crippen LogP contribution in [0.2, 0.25) is 0 Å². The van der Waals surface area contributed by atoms with Crippen LogP contribution in [0.15, 0.2) is 59.5 Å².